The van der Waals surface area contributed by atoms with Gasteiger partial charge in [-0.05, 0) is 83.3 Å². The first-order valence-corrected chi connectivity index (χ1v) is 13.8. The second kappa shape index (κ2) is 21.0. The van der Waals surface area contributed by atoms with Crippen LogP contribution in [0.3, 0.4) is 0 Å². The fraction of sp³-hybridized carbons (Fsp3) is 0.893. The lowest BCUT2D eigenvalue weighted by molar-refractivity contribution is -0.144. The monoisotopic (exact) mass is 435 g/mol. The number of esters is 1. The Labute approximate surface area is 194 Å². The number of piperidine rings is 1. The Morgan fingerprint density at radius 3 is 2.00 bits per heavy atom. The fourth-order valence-corrected chi connectivity index (χ4v) is 4.57. The van der Waals surface area contributed by atoms with Gasteiger partial charge in [0, 0.05) is 6.42 Å². The highest BCUT2D eigenvalue weighted by atomic mass is 16.5. The number of carbonyl (C=O) groups is 1. The molecule has 1 saturated heterocycles. The van der Waals surface area contributed by atoms with E-state index in [0.29, 0.717) is 13.0 Å². The van der Waals surface area contributed by atoms with E-state index in [4.69, 9.17) is 4.74 Å². The molecular formula is C28H53NO2. The lowest BCUT2D eigenvalue weighted by atomic mass is 9.94. The van der Waals surface area contributed by atoms with Crippen molar-refractivity contribution in [3.8, 4) is 0 Å². The number of carbonyl (C=O) groups excluding carboxylic acids is 1. The van der Waals surface area contributed by atoms with Crippen LogP contribution in [0.1, 0.15) is 129 Å². The number of ether oxygens (including phenoxy) is 1. The molecule has 0 amide bonds. The second-order valence-electron chi connectivity index (χ2n) is 9.63. The molecule has 0 atom stereocenters. The molecule has 0 radical (unpaired) electrons. The van der Waals surface area contributed by atoms with Crippen LogP contribution in [-0.2, 0) is 9.53 Å². The summed E-state index contributed by atoms with van der Waals surface area (Å²) in [6.45, 7) is 8.83. The van der Waals surface area contributed by atoms with Crippen molar-refractivity contribution in [2.75, 3.05) is 26.2 Å². The van der Waals surface area contributed by atoms with E-state index in [9.17, 15) is 4.79 Å². The zero-order chi connectivity index (χ0) is 22.4. The van der Waals surface area contributed by atoms with Crippen molar-refractivity contribution in [2.45, 2.75) is 129 Å². The molecule has 0 aromatic carbocycles. The summed E-state index contributed by atoms with van der Waals surface area (Å²) in [4.78, 5) is 14.5. The molecule has 1 aliphatic rings. The number of likely N-dealkylation sites (tertiary alicyclic amines) is 1. The average Bonchev–Trinajstić information content (AvgIpc) is 2.78. The molecule has 1 heterocycles. The minimum Gasteiger partial charge on any atom is -0.466 e. The number of allylic oxidation sites excluding steroid dienone is 2. The van der Waals surface area contributed by atoms with Crippen molar-refractivity contribution < 1.29 is 9.53 Å². The van der Waals surface area contributed by atoms with Crippen LogP contribution in [0.15, 0.2) is 12.2 Å². The largest absolute Gasteiger partial charge is 0.466 e. The van der Waals surface area contributed by atoms with E-state index >= 15 is 0 Å². The Bertz CT molecular complexity index is 427. The molecule has 31 heavy (non-hydrogen) atoms. The number of hydrogen-bond donors (Lipinski definition) is 0. The van der Waals surface area contributed by atoms with Gasteiger partial charge in [-0.1, -0.05) is 77.4 Å². The maximum Gasteiger partial charge on any atom is 0.305 e. The predicted octanol–water partition coefficient (Wildman–Crippen LogP) is 8.08. The van der Waals surface area contributed by atoms with Gasteiger partial charge in [0.2, 0.25) is 0 Å². The third kappa shape index (κ3) is 17.4. The molecule has 0 aliphatic carbocycles. The summed E-state index contributed by atoms with van der Waals surface area (Å²) in [5.74, 6) is 0.766. The normalized spacial score (nSPS) is 15.7. The van der Waals surface area contributed by atoms with Gasteiger partial charge in [-0.15, -0.1) is 0 Å². The van der Waals surface area contributed by atoms with Crippen molar-refractivity contribution in [3.63, 3.8) is 0 Å². The summed E-state index contributed by atoms with van der Waals surface area (Å²) in [5.41, 5.74) is 0. The first-order chi connectivity index (χ1) is 15.3. The summed E-state index contributed by atoms with van der Waals surface area (Å²) in [6.07, 6.45) is 26.9. The molecule has 182 valence electrons. The third-order valence-corrected chi connectivity index (χ3v) is 6.68. The quantitative estimate of drug-likeness (QED) is 0.110. The lowest BCUT2D eigenvalue weighted by Gasteiger charge is -2.31. The van der Waals surface area contributed by atoms with Crippen molar-refractivity contribution in [1.82, 2.24) is 4.90 Å². The molecule has 0 N–H and O–H groups in total. The highest BCUT2D eigenvalue weighted by molar-refractivity contribution is 5.69. The number of rotatable bonds is 20. The van der Waals surface area contributed by atoms with E-state index in [1.807, 2.05) is 0 Å². The smallest absolute Gasteiger partial charge is 0.305 e. The van der Waals surface area contributed by atoms with Gasteiger partial charge >= 0.3 is 5.97 Å². The van der Waals surface area contributed by atoms with E-state index in [2.05, 4.69) is 30.9 Å². The molecule has 0 bridgehead atoms. The highest BCUT2D eigenvalue weighted by Gasteiger charge is 2.18. The predicted molar refractivity (Wildman–Crippen MR) is 134 cm³/mol. The molecular weight excluding hydrogens is 382 g/mol. The summed E-state index contributed by atoms with van der Waals surface area (Å²) < 4.78 is 5.48. The van der Waals surface area contributed by atoms with Crippen LogP contribution >= 0.6 is 0 Å². The highest BCUT2D eigenvalue weighted by Crippen LogP contribution is 2.20. The van der Waals surface area contributed by atoms with Crippen molar-refractivity contribution in [2.24, 2.45) is 5.92 Å². The first-order valence-electron chi connectivity index (χ1n) is 13.8. The number of unbranched alkanes of at least 4 members (excludes halogenated alkanes) is 11. The standard InChI is InChI=1S/C28H53NO2/c1-3-5-6-7-8-9-10-11-12-13-14-15-16-17-18-19-28(30)31-26-22-27-20-24-29(23-4-2)25-21-27/h11-12,27H,3-10,13-26H2,1-2H3/b12-11-. The molecule has 1 rings (SSSR count). The molecule has 0 unspecified atom stereocenters. The van der Waals surface area contributed by atoms with Gasteiger partial charge in [-0.25, -0.2) is 0 Å². The Hall–Kier alpha value is -0.830. The van der Waals surface area contributed by atoms with Crippen LogP contribution in [0.25, 0.3) is 0 Å². The first kappa shape index (κ1) is 28.2. The second-order valence-corrected chi connectivity index (χ2v) is 9.63. The minimum atomic E-state index is 0.0149. The van der Waals surface area contributed by atoms with E-state index in [0.717, 1.165) is 25.2 Å². The van der Waals surface area contributed by atoms with E-state index in [1.54, 1.807) is 0 Å². The Balaban J connectivity index is 1.81. The molecule has 3 nitrogen and oxygen atoms in total. The zero-order valence-electron chi connectivity index (χ0n) is 21.1. The maximum absolute atomic E-state index is 11.9. The van der Waals surface area contributed by atoms with Crippen LogP contribution < -0.4 is 0 Å². The molecule has 1 fully saturated rings. The molecule has 3 heteroatoms. The van der Waals surface area contributed by atoms with Crippen molar-refractivity contribution in [3.05, 3.63) is 12.2 Å². The molecule has 1 aliphatic heterocycles. The van der Waals surface area contributed by atoms with Gasteiger partial charge in [0.05, 0.1) is 6.61 Å². The van der Waals surface area contributed by atoms with Gasteiger partial charge in [-0.2, -0.15) is 0 Å². The zero-order valence-corrected chi connectivity index (χ0v) is 21.1. The SMILES string of the molecule is CCCCCCCC/C=C\CCCCCCCC(=O)OCCC1CCN(CCC)CC1. The van der Waals surface area contributed by atoms with Crippen molar-refractivity contribution in [1.29, 1.82) is 0 Å². The summed E-state index contributed by atoms with van der Waals surface area (Å²) in [6, 6.07) is 0. The molecule has 0 saturated carbocycles. The van der Waals surface area contributed by atoms with Crippen LogP contribution in [0.2, 0.25) is 0 Å². The summed E-state index contributed by atoms with van der Waals surface area (Å²) in [5, 5.41) is 0. The van der Waals surface area contributed by atoms with E-state index < -0.39 is 0 Å². The van der Waals surface area contributed by atoms with Crippen LogP contribution in [0.5, 0.6) is 0 Å². The summed E-state index contributed by atoms with van der Waals surface area (Å²) >= 11 is 0. The van der Waals surface area contributed by atoms with Gasteiger partial charge in [0.1, 0.15) is 0 Å². The van der Waals surface area contributed by atoms with Gasteiger partial charge in [0.15, 0.2) is 0 Å². The third-order valence-electron chi connectivity index (χ3n) is 6.68. The number of nitrogens with zero attached hydrogens (tertiary/aromatic N) is 1. The average molecular weight is 436 g/mol. The Kier molecular flexibility index (Phi) is 19.1. The van der Waals surface area contributed by atoms with Gasteiger partial charge in [0.25, 0.3) is 0 Å². The Morgan fingerprint density at radius 2 is 1.39 bits per heavy atom. The van der Waals surface area contributed by atoms with E-state index in [-0.39, 0.29) is 5.97 Å². The Morgan fingerprint density at radius 1 is 0.806 bits per heavy atom. The van der Waals surface area contributed by atoms with Crippen LogP contribution in [0.4, 0.5) is 0 Å². The maximum atomic E-state index is 11.9. The molecule has 0 aromatic heterocycles. The topological polar surface area (TPSA) is 29.5 Å². The van der Waals surface area contributed by atoms with Crippen LogP contribution in [-0.4, -0.2) is 37.1 Å². The van der Waals surface area contributed by atoms with Gasteiger partial charge < -0.3 is 9.64 Å². The lowest BCUT2D eigenvalue weighted by Crippen LogP contribution is -2.34. The molecule has 0 aromatic rings. The van der Waals surface area contributed by atoms with Crippen LogP contribution in [0, 0.1) is 5.92 Å². The summed E-state index contributed by atoms with van der Waals surface area (Å²) in [7, 11) is 0. The number of hydrogen-bond acceptors (Lipinski definition) is 3. The van der Waals surface area contributed by atoms with Crippen molar-refractivity contribution >= 4 is 5.97 Å². The molecule has 0 spiro atoms. The minimum absolute atomic E-state index is 0.0149. The van der Waals surface area contributed by atoms with Gasteiger partial charge in [-0.3, -0.25) is 4.79 Å². The fourth-order valence-electron chi connectivity index (χ4n) is 4.57. The van der Waals surface area contributed by atoms with E-state index in [1.165, 1.54) is 110 Å².